The summed E-state index contributed by atoms with van der Waals surface area (Å²) in [7, 11) is 0. The van der Waals surface area contributed by atoms with Crippen LogP contribution in [0.5, 0.6) is 0 Å². The molecule has 54 heavy (non-hydrogen) atoms. The predicted molar refractivity (Wildman–Crippen MR) is 231 cm³/mol. The number of para-hydroxylation sites is 2. The van der Waals surface area contributed by atoms with Crippen LogP contribution in [0.25, 0.3) is 97.4 Å². The van der Waals surface area contributed by atoms with Gasteiger partial charge < -0.3 is 9.13 Å². The third-order valence-electron chi connectivity index (χ3n) is 12.1. The summed E-state index contributed by atoms with van der Waals surface area (Å²) < 4.78 is 7.58. The van der Waals surface area contributed by atoms with Crippen LogP contribution in [0.1, 0.15) is 25.0 Å². The van der Waals surface area contributed by atoms with E-state index in [4.69, 9.17) is 0 Å². The van der Waals surface area contributed by atoms with Gasteiger partial charge >= 0.3 is 0 Å². The highest BCUT2D eigenvalue weighted by Crippen LogP contribution is 2.51. The first-order valence-electron chi connectivity index (χ1n) is 18.8. The topological polar surface area (TPSA) is 9.86 Å². The smallest absolute Gasteiger partial charge is 0.0555 e. The molecule has 1 aliphatic carbocycles. The van der Waals surface area contributed by atoms with E-state index in [0.29, 0.717) is 0 Å². The summed E-state index contributed by atoms with van der Waals surface area (Å²) in [6, 6.07) is 63.2. The Labute approximate surface area is 316 Å². The monoisotopic (exact) mass is 706 g/mol. The SMILES string of the molecule is CC1(C)c2ccccc2-c2cc3c4cc(-c5ccc6c(c5)c5c7sc8ccccc8c7ccc5n6-c5ccccc5)ccc4n(-c4ccccc4)c3cc21. The van der Waals surface area contributed by atoms with Crippen molar-refractivity contribution in [1.82, 2.24) is 9.13 Å². The Bertz CT molecular complexity index is 3340. The highest BCUT2D eigenvalue weighted by molar-refractivity contribution is 7.26. The van der Waals surface area contributed by atoms with Gasteiger partial charge in [-0.2, -0.15) is 0 Å². The van der Waals surface area contributed by atoms with Gasteiger partial charge in [0.15, 0.2) is 0 Å². The van der Waals surface area contributed by atoms with E-state index in [0.717, 1.165) is 0 Å². The van der Waals surface area contributed by atoms with Crippen LogP contribution in [0.3, 0.4) is 0 Å². The Kier molecular flexibility index (Phi) is 6.03. The molecule has 2 nitrogen and oxygen atoms in total. The molecule has 0 unspecified atom stereocenters. The first-order chi connectivity index (χ1) is 26.5. The minimum absolute atomic E-state index is 0.0720. The number of benzene rings is 8. The van der Waals surface area contributed by atoms with E-state index in [9.17, 15) is 0 Å². The van der Waals surface area contributed by atoms with Gasteiger partial charge in [-0.3, -0.25) is 0 Å². The molecule has 0 N–H and O–H groups in total. The highest BCUT2D eigenvalue weighted by atomic mass is 32.1. The van der Waals surface area contributed by atoms with Crippen molar-refractivity contribution in [2.75, 3.05) is 0 Å². The molecule has 0 amide bonds. The highest BCUT2D eigenvalue weighted by Gasteiger charge is 2.36. The summed E-state index contributed by atoms with van der Waals surface area (Å²) in [4.78, 5) is 0. The summed E-state index contributed by atoms with van der Waals surface area (Å²) in [5.74, 6) is 0. The Morgan fingerprint density at radius 1 is 0.407 bits per heavy atom. The van der Waals surface area contributed by atoms with E-state index in [1.54, 1.807) is 0 Å². The quantitative estimate of drug-likeness (QED) is 0.173. The van der Waals surface area contributed by atoms with Gasteiger partial charge in [-0.1, -0.05) is 111 Å². The van der Waals surface area contributed by atoms with Gasteiger partial charge in [0.2, 0.25) is 0 Å². The van der Waals surface area contributed by atoms with Gasteiger partial charge in [0.05, 0.1) is 22.1 Å². The first kappa shape index (κ1) is 30.1. The fourth-order valence-corrected chi connectivity index (χ4v) is 10.8. The maximum atomic E-state index is 2.47. The van der Waals surface area contributed by atoms with Gasteiger partial charge in [-0.25, -0.2) is 0 Å². The molecular formula is C51H34N2S. The third kappa shape index (κ3) is 4.00. The normalized spacial score (nSPS) is 13.5. The van der Waals surface area contributed by atoms with Crippen molar-refractivity contribution in [2.24, 2.45) is 0 Å². The lowest BCUT2D eigenvalue weighted by Gasteiger charge is -2.21. The Morgan fingerprint density at radius 3 is 1.76 bits per heavy atom. The zero-order valence-corrected chi connectivity index (χ0v) is 30.8. The number of fused-ring (bicyclic) bond motifs is 13. The molecular weight excluding hydrogens is 673 g/mol. The van der Waals surface area contributed by atoms with Crippen molar-refractivity contribution < 1.29 is 0 Å². The van der Waals surface area contributed by atoms with E-state index in [2.05, 4.69) is 193 Å². The lowest BCUT2D eigenvalue weighted by molar-refractivity contribution is 0.661. The molecule has 12 rings (SSSR count). The molecule has 254 valence electrons. The molecule has 11 aromatic rings. The van der Waals surface area contributed by atoms with Crippen LogP contribution >= 0.6 is 11.3 Å². The summed E-state index contributed by atoms with van der Waals surface area (Å²) in [6.07, 6.45) is 0. The van der Waals surface area contributed by atoms with Crippen LogP contribution in [0.4, 0.5) is 0 Å². The van der Waals surface area contributed by atoms with Gasteiger partial charge in [0, 0.05) is 58.5 Å². The molecule has 0 saturated carbocycles. The molecule has 3 heterocycles. The van der Waals surface area contributed by atoms with E-state index in [1.165, 1.54) is 109 Å². The number of aromatic nitrogens is 2. The molecule has 3 aromatic heterocycles. The fraction of sp³-hybridized carbons (Fsp3) is 0.0588. The average molecular weight is 707 g/mol. The number of rotatable bonds is 3. The average Bonchev–Trinajstić information content (AvgIpc) is 3.92. The zero-order valence-electron chi connectivity index (χ0n) is 30.0. The van der Waals surface area contributed by atoms with Crippen LogP contribution in [-0.2, 0) is 5.41 Å². The number of hydrogen-bond acceptors (Lipinski definition) is 1. The second-order valence-corrected chi connectivity index (χ2v) is 16.4. The lowest BCUT2D eigenvalue weighted by Crippen LogP contribution is -2.14. The molecule has 0 aliphatic heterocycles. The van der Waals surface area contributed by atoms with E-state index in [-0.39, 0.29) is 5.41 Å². The lowest BCUT2D eigenvalue weighted by atomic mass is 9.82. The van der Waals surface area contributed by atoms with Crippen LogP contribution in [0.2, 0.25) is 0 Å². The van der Waals surface area contributed by atoms with Gasteiger partial charge in [-0.15, -0.1) is 11.3 Å². The van der Waals surface area contributed by atoms with Crippen molar-refractivity contribution >= 4 is 75.1 Å². The standard InChI is InChI=1S/C51H34N2S/c1-51(2)42-19-11-9-17-35(42)38-29-40-39-27-31(21-24-44(39)53(47(40)30-43(38)51)34-15-7-4-8-16-34)32-22-25-45-41(28-32)49-46(52(45)33-13-5-3-6-14-33)26-23-37-36-18-10-12-20-48(36)54-50(37)49/h3-30H,1-2H3. The predicted octanol–water partition coefficient (Wildman–Crippen LogP) is 14.2. The minimum Gasteiger partial charge on any atom is -0.309 e. The molecule has 0 atom stereocenters. The zero-order chi connectivity index (χ0) is 35.7. The molecule has 0 spiro atoms. The Balaban J connectivity index is 1.14. The van der Waals surface area contributed by atoms with Crippen molar-refractivity contribution in [3.63, 3.8) is 0 Å². The maximum Gasteiger partial charge on any atom is 0.0555 e. The van der Waals surface area contributed by atoms with Crippen molar-refractivity contribution in [3.8, 4) is 33.6 Å². The van der Waals surface area contributed by atoms with Crippen molar-refractivity contribution in [1.29, 1.82) is 0 Å². The largest absolute Gasteiger partial charge is 0.309 e. The fourth-order valence-electron chi connectivity index (χ4n) is 9.57. The van der Waals surface area contributed by atoms with Gasteiger partial charge in [0.25, 0.3) is 0 Å². The molecule has 8 aromatic carbocycles. The minimum atomic E-state index is -0.0720. The summed E-state index contributed by atoms with van der Waals surface area (Å²) in [6.45, 7) is 4.74. The van der Waals surface area contributed by atoms with E-state index >= 15 is 0 Å². The van der Waals surface area contributed by atoms with Crippen molar-refractivity contribution in [2.45, 2.75) is 19.3 Å². The first-order valence-corrected chi connectivity index (χ1v) is 19.6. The summed E-state index contributed by atoms with van der Waals surface area (Å²) in [5, 5.41) is 7.83. The van der Waals surface area contributed by atoms with Crippen LogP contribution in [0, 0.1) is 0 Å². The molecule has 3 heteroatoms. The van der Waals surface area contributed by atoms with Crippen LogP contribution in [0.15, 0.2) is 170 Å². The molecule has 0 fully saturated rings. The number of hydrogen-bond donors (Lipinski definition) is 0. The Morgan fingerprint density at radius 2 is 1.00 bits per heavy atom. The third-order valence-corrected chi connectivity index (χ3v) is 13.3. The summed E-state index contributed by atoms with van der Waals surface area (Å²) in [5.41, 5.74) is 15.2. The van der Waals surface area contributed by atoms with Crippen LogP contribution < -0.4 is 0 Å². The number of thiophene rings is 1. The van der Waals surface area contributed by atoms with E-state index < -0.39 is 0 Å². The van der Waals surface area contributed by atoms with Crippen LogP contribution in [-0.4, -0.2) is 9.13 Å². The second kappa shape index (κ2) is 10.8. The summed E-state index contributed by atoms with van der Waals surface area (Å²) >= 11 is 1.91. The molecule has 1 aliphatic rings. The molecule has 0 saturated heterocycles. The molecule has 0 bridgehead atoms. The Hall–Kier alpha value is -6.42. The van der Waals surface area contributed by atoms with E-state index in [1.807, 2.05) is 11.3 Å². The van der Waals surface area contributed by atoms with Crippen molar-refractivity contribution in [3.05, 3.63) is 181 Å². The maximum absolute atomic E-state index is 2.47. The van der Waals surface area contributed by atoms with Gasteiger partial charge in [-0.05, 0) is 106 Å². The van der Waals surface area contributed by atoms with Gasteiger partial charge in [0.1, 0.15) is 0 Å². The molecule has 0 radical (unpaired) electrons. The second-order valence-electron chi connectivity index (χ2n) is 15.3. The number of nitrogens with zero attached hydrogens (tertiary/aromatic N) is 2.